The SMILES string of the molecule is CCC1(CC)c2ccccc2-c2c1c1c(c3cc(OC)ccc23)OC(C2=CC=C(N3CCOCC3)CC2)(c2ccc(N3CCOCC3)cc2)C=C1. The van der Waals surface area contributed by atoms with E-state index >= 15 is 0 Å². The summed E-state index contributed by atoms with van der Waals surface area (Å²) in [7, 11) is 1.75. The minimum atomic E-state index is -0.764. The van der Waals surface area contributed by atoms with Gasteiger partial charge in [0.15, 0.2) is 5.60 Å². The molecular formula is C45H48N2O4. The van der Waals surface area contributed by atoms with Crippen LogP contribution in [0.25, 0.3) is 28.0 Å². The third-order valence-electron chi connectivity index (χ3n) is 12.3. The summed E-state index contributed by atoms with van der Waals surface area (Å²) in [5, 5.41) is 2.32. The van der Waals surface area contributed by atoms with Crippen LogP contribution >= 0.6 is 0 Å². The van der Waals surface area contributed by atoms with Crippen molar-refractivity contribution in [1.82, 2.24) is 4.90 Å². The van der Waals surface area contributed by atoms with Crippen molar-refractivity contribution < 1.29 is 18.9 Å². The molecule has 0 aromatic heterocycles. The maximum Gasteiger partial charge on any atom is 0.174 e. The highest BCUT2D eigenvalue weighted by atomic mass is 16.5. The van der Waals surface area contributed by atoms with Crippen molar-refractivity contribution in [2.45, 2.75) is 50.5 Å². The van der Waals surface area contributed by atoms with E-state index in [2.05, 4.69) is 115 Å². The van der Waals surface area contributed by atoms with Crippen molar-refractivity contribution in [2.75, 3.05) is 64.6 Å². The molecule has 3 heterocycles. The van der Waals surface area contributed by atoms with Crippen LogP contribution in [-0.2, 0) is 20.5 Å². The van der Waals surface area contributed by atoms with E-state index < -0.39 is 5.60 Å². The number of allylic oxidation sites excluding steroid dienone is 3. The number of benzene rings is 4. The third-order valence-corrected chi connectivity index (χ3v) is 12.3. The second-order valence-electron chi connectivity index (χ2n) is 14.5. The Kier molecular flexibility index (Phi) is 8.20. The number of nitrogens with zero attached hydrogens (tertiary/aromatic N) is 2. The Labute approximate surface area is 301 Å². The predicted molar refractivity (Wildman–Crippen MR) is 206 cm³/mol. The Hall–Kier alpha value is -4.52. The monoisotopic (exact) mass is 680 g/mol. The van der Waals surface area contributed by atoms with Crippen molar-refractivity contribution >= 4 is 22.5 Å². The minimum Gasteiger partial charge on any atom is -0.497 e. The molecule has 6 nitrogen and oxygen atoms in total. The Bertz CT molecular complexity index is 2060. The van der Waals surface area contributed by atoms with Gasteiger partial charge < -0.3 is 28.7 Å². The fourth-order valence-corrected chi connectivity index (χ4v) is 9.57. The van der Waals surface area contributed by atoms with E-state index in [1.807, 2.05) is 0 Å². The molecule has 1 unspecified atom stereocenters. The maximum atomic E-state index is 7.72. The van der Waals surface area contributed by atoms with E-state index in [-0.39, 0.29) is 5.41 Å². The highest BCUT2D eigenvalue weighted by Crippen LogP contribution is 2.60. The van der Waals surface area contributed by atoms with Gasteiger partial charge in [0, 0.05) is 59.5 Å². The van der Waals surface area contributed by atoms with Crippen LogP contribution in [0.2, 0.25) is 0 Å². The molecule has 262 valence electrons. The van der Waals surface area contributed by atoms with Crippen molar-refractivity contribution in [1.29, 1.82) is 0 Å². The van der Waals surface area contributed by atoms with Gasteiger partial charge in [-0.3, -0.25) is 0 Å². The number of hydrogen-bond acceptors (Lipinski definition) is 6. The largest absolute Gasteiger partial charge is 0.497 e. The Morgan fingerprint density at radius 2 is 1.49 bits per heavy atom. The molecule has 0 radical (unpaired) electrons. The van der Waals surface area contributed by atoms with E-state index in [4.69, 9.17) is 18.9 Å². The first-order chi connectivity index (χ1) is 25.1. The molecule has 6 heteroatoms. The van der Waals surface area contributed by atoms with Crippen LogP contribution in [-0.4, -0.2) is 64.6 Å². The van der Waals surface area contributed by atoms with Gasteiger partial charge in [-0.15, -0.1) is 0 Å². The van der Waals surface area contributed by atoms with Crippen molar-refractivity contribution in [3.8, 4) is 22.6 Å². The van der Waals surface area contributed by atoms with E-state index in [1.165, 1.54) is 50.2 Å². The molecule has 5 aliphatic rings. The zero-order valence-corrected chi connectivity index (χ0v) is 30.2. The second-order valence-corrected chi connectivity index (χ2v) is 14.5. The molecule has 0 N–H and O–H groups in total. The van der Waals surface area contributed by atoms with Gasteiger partial charge in [-0.25, -0.2) is 0 Å². The van der Waals surface area contributed by atoms with Crippen molar-refractivity contribution in [3.05, 3.63) is 118 Å². The minimum absolute atomic E-state index is 0.0997. The molecule has 0 amide bonds. The summed E-state index contributed by atoms with van der Waals surface area (Å²) in [6.07, 6.45) is 13.4. The van der Waals surface area contributed by atoms with Crippen LogP contribution in [0.1, 0.15) is 61.8 Å². The molecule has 4 aromatic carbocycles. The fourth-order valence-electron chi connectivity index (χ4n) is 9.57. The van der Waals surface area contributed by atoms with Crippen molar-refractivity contribution in [3.63, 3.8) is 0 Å². The molecule has 0 bridgehead atoms. The zero-order chi connectivity index (χ0) is 34.6. The average molecular weight is 681 g/mol. The van der Waals surface area contributed by atoms with Crippen LogP contribution < -0.4 is 14.4 Å². The molecule has 2 aliphatic carbocycles. The molecule has 1 atom stereocenters. The highest BCUT2D eigenvalue weighted by molar-refractivity contribution is 6.09. The normalized spacial score (nSPS) is 22.1. The number of rotatable bonds is 7. The van der Waals surface area contributed by atoms with Crippen LogP contribution in [0.5, 0.6) is 11.5 Å². The lowest BCUT2D eigenvalue weighted by Crippen LogP contribution is -2.39. The van der Waals surface area contributed by atoms with E-state index in [0.717, 1.165) is 101 Å². The standard InChI is InChI=1S/C45H48N2O4/c1-4-44(5-2)40-9-7-6-8-37(40)41-36-19-18-35(48-3)30-39(36)43-38(42(41)44)20-21-45(51-43,31-10-14-33(15-11-31)46-22-26-49-27-23-46)32-12-16-34(17-13-32)47-24-28-50-29-25-47/h6-12,14-16,18-21,30H,4-5,13,17,22-29H2,1-3H3. The number of ether oxygens (including phenoxy) is 4. The van der Waals surface area contributed by atoms with Crippen LogP contribution in [0.4, 0.5) is 5.69 Å². The summed E-state index contributed by atoms with van der Waals surface area (Å²) in [4.78, 5) is 4.91. The molecule has 4 aromatic rings. The molecule has 9 rings (SSSR count). The summed E-state index contributed by atoms with van der Waals surface area (Å²) < 4.78 is 24.9. The topological polar surface area (TPSA) is 43.4 Å². The molecule has 3 aliphatic heterocycles. The van der Waals surface area contributed by atoms with Gasteiger partial charge in [-0.05, 0) is 101 Å². The van der Waals surface area contributed by atoms with Gasteiger partial charge in [-0.2, -0.15) is 0 Å². The lowest BCUT2D eigenvalue weighted by molar-refractivity contribution is 0.0516. The van der Waals surface area contributed by atoms with E-state index in [1.54, 1.807) is 7.11 Å². The average Bonchev–Trinajstić information content (AvgIpc) is 3.52. The summed E-state index contributed by atoms with van der Waals surface area (Å²) in [6, 6.07) is 24.7. The first-order valence-electron chi connectivity index (χ1n) is 18.9. The first kappa shape index (κ1) is 32.4. The summed E-state index contributed by atoms with van der Waals surface area (Å²) in [5.74, 6) is 1.78. The molecule has 2 fully saturated rings. The summed E-state index contributed by atoms with van der Waals surface area (Å²) in [6.45, 7) is 11.5. The first-order valence-corrected chi connectivity index (χ1v) is 18.9. The Balaban J connectivity index is 1.25. The van der Waals surface area contributed by atoms with Crippen LogP contribution in [0, 0.1) is 0 Å². The van der Waals surface area contributed by atoms with Gasteiger partial charge in [-0.1, -0.05) is 62.4 Å². The lowest BCUT2D eigenvalue weighted by Gasteiger charge is -2.42. The Morgan fingerprint density at radius 3 is 2.18 bits per heavy atom. The Morgan fingerprint density at radius 1 is 0.765 bits per heavy atom. The highest BCUT2D eigenvalue weighted by Gasteiger charge is 2.47. The number of methoxy groups -OCH3 is 1. The molecule has 51 heavy (non-hydrogen) atoms. The smallest absolute Gasteiger partial charge is 0.174 e. The van der Waals surface area contributed by atoms with Crippen molar-refractivity contribution in [2.24, 2.45) is 0 Å². The predicted octanol–water partition coefficient (Wildman–Crippen LogP) is 9.01. The van der Waals surface area contributed by atoms with Gasteiger partial charge in [0.1, 0.15) is 11.5 Å². The molecule has 2 saturated heterocycles. The number of anilines is 1. The molecular weight excluding hydrogens is 633 g/mol. The van der Waals surface area contributed by atoms with Gasteiger partial charge in [0.05, 0.1) is 33.5 Å². The number of morpholine rings is 2. The fraction of sp³-hybridized carbons (Fsp3) is 0.378. The molecule has 0 saturated carbocycles. The number of hydrogen-bond donors (Lipinski definition) is 0. The maximum absolute atomic E-state index is 7.72. The van der Waals surface area contributed by atoms with Gasteiger partial charge in [0.2, 0.25) is 0 Å². The summed E-state index contributed by atoms with van der Waals surface area (Å²) in [5.41, 5.74) is 10.9. The number of fused-ring (bicyclic) bond motifs is 8. The van der Waals surface area contributed by atoms with Gasteiger partial charge >= 0.3 is 0 Å². The molecule has 0 spiro atoms. The quantitative estimate of drug-likeness (QED) is 0.194. The summed E-state index contributed by atoms with van der Waals surface area (Å²) >= 11 is 0. The lowest BCUT2D eigenvalue weighted by atomic mass is 9.71. The van der Waals surface area contributed by atoms with Crippen LogP contribution in [0.15, 0.2) is 96.2 Å². The third kappa shape index (κ3) is 5.05. The zero-order valence-electron chi connectivity index (χ0n) is 30.2. The van der Waals surface area contributed by atoms with Crippen LogP contribution in [0.3, 0.4) is 0 Å². The second kappa shape index (κ2) is 12.9. The van der Waals surface area contributed by atoms with E-state index in [9.17, 15) is 0 Å². The van der Waals surface area contributed by atoms with E-state index in [0.29, 0.717) is 0 Å². The van der Waals surface area contributed by atoms with Gasteiger partial charge in [0.25, 0.3) is 0 Å².